The third-order valence-corrected chi connectivity index (χ3v) is 1.01. The predicted molar refractivity (Wildman–Crippen MR) is 33.5 cm³/mol. The van der Waals surface area contributed by atoms with E-state index >= 15 is 0 Å². The molecule has 0 aliphatic rings. The van der Waals surface area contributed by atoms with Crippen LogP contribution < -0.4 is 0 Å². The zero-order valence-electron chi connectivity index (χ0n) is 4.61. The summed E-state index contributed by atoms with van der Waals surface area (Å²) in [5.41, 5.74) is 0. The first-order valence-electron chi connectivity index (χ1n) is 1.84. The lowest BCUT2D eigenvalue weighted by Gasteiger charge is -2.12. The summed E-state index contributed by atoms with van der Waals surface area (Å²) in [6.07, 6.45) is 0. The van der Waals surface area contributed by atoms with Crippen LogP contribution in [0.5, 0.6) is 0 Å². The summed E-state index contributed by atoms with van der Waals surface area (Å²) >= 11 is 4.12. The van der Waals surface area contributed by atoms with Crippen molar-refractivity contribution in [3.63, 3.8) is 0 Å². The quantitative estimate of drug-likeness (QED) is 0.425. The zero-order chi connectivity index (χ0) is 6.78. The van der Waals surface area contributed by atoms with Gasteiger partial charge in [-0.05, 0) is 11.8 Å². The monoisotopic (exact) mass is 157 g/mol. The number of hydroxylamine groups is 2. The Bertz CT molecular complexity index is 110. The van der Waals surface area contributed by atoms with Crippen LogP contribution in [0.3, 0.4) is 0 Å². The van der Waals surface area contributed by atoms with Crippen LogP contribution in [0.15, 0.2) is 0 Å². The Morgan fingerprint density at radius 2 is 1.88 bits per heavy atom. The van der Waals surface area contributed by atoms with E-state index in [0.717, 1.165) is 5.06 Å². The minimum Gasteiger partial charge on any atom is -0.324 e. The van der Waals surface area contributed by atoms with E-state index in [1.807, 2.05) is 0 Å². The second-order valence-corrected chi connectivity index (χ2v) is 3.96. The molecule has 0 aliphatic carbocycles. The van der Waals surface area contributed by atoms with Crippen LogP contribution in [0, 0.1) is 0 Å². The molecule has 4 nitrogen and oxygen atoms in total. The molecular formula is C2H8NO3PS. The average molecular weight is 157 g/mol. The Kier molecular flexibility index (Phi) is 3.04. The molecular weight excluding hydrogens is 149 g/mol. The maximum absolute atomic E-state index is 8.41. The highest BCUT2D eigenvalue weighted by Gasteiger charge is 2.08. The summed E-state index contributed by atoms with van der Waals surface area (Å²) in [5, 5.41) is 1.15. The fourth-order valence-corrected chi connectivity index (χ4v) is 1.04. The Morgan fingerprint density at radius 1 is 1.50 bits per heavy atom. The van der Waals surface area contributed by atoms with Gasteiger partial charge in [-0.3, -0.25) is 0 Å². The molecule has 0 saturated carbocycles. The normalized spacial score (nSPS) is 12.6. The van der Waals surface area contributed by atoms with Crippen molar-refractivity contribution < 1.29 is 14.4 Å². The fraction of sp³-hybridized carbons (Fsp3) is 1.00. The van der Waals surface area contributed by atoms with Crippen LogP contribution >= 0.6 is 6.72 Å². The van der Waals surface area contributed by atoms with Gasteiger partial charge in [-0.25, -0.2) is 4.62 Å². The number of hydrogen-bond acceptors (Lipinski definition) is 3. The molecule has 6 heteroatoms. The van der Waals surface area contributed by atoms with E-state index in [-0.39, 0.29) is 0 Å². The molecule has 0 aromatic carbocycles. The van der Waals surface area contributed by atoms with Crippen LogP contribution in [-0.4, -0.2) is 28.9 Å². The summed E-state index contributed by atoms with van der Waals surface area (Å²) in [6.45, 7) is -3.46. The molecule has 0 bridgehead atoms. The lowest BCUT2D eigenvalue weighted by molar-refractivity contribution is -0.0170. The van der Waals surface area contributed by atoms with Crippen LogP contribution in [0.1, 0.15) is 0 Å². The minimum atomic E-state index is -3.46. The smallest absolute Gasteiger partial charge is 0.324 e. The van der Waals surface area contributed by atoms with Crippen molar-refractivity contribution in [1.82, 2.24) is 5.06 Å². The van der Waals surface area contributed by atoms with E-state index in [2.05, 4.69) is 16.4 Å². The maximum atomic E-state index is 8.41. The van der Waals surface area contributed by atoms with E-state index in [1.165, 1.54) is 14.1 Å². The predicted octanol–water partition coefficient (Wildman–Crippen LogP) is -0.311. The maximum Gasteiger partial charge on any atom is 0.338 e. The molecule has 0 spiro atoms. The SMILES string of the molecule is CN(C)OP(O)(O)=S. The molecule has 0 aliphatic heterocycles. The molecule has 0 unspecified atom stereocenters. The molecule has 2 N–H and O–H groups in total. The summed E-state index contributed by atoms with van der Waals surface area (Å²) in [6, 6.07) is 0. The minimum absolute atomic E-state index is 1.15. The summed E-state index contributed by atoms with van der Waals surface area (Å²) in [4.78, 5) is 16.8. The van der Waals surface area contributed by atoms with Crippen LogP contribution in [-0.2, 0) is 16.4 Å². The first-order chi connectivity index (χ1) is 3.42. The first-order valence-corrected chi connectivity index (χ1v) is 4.47. The Balaban J connectivity index is 3.56. The van der Waals surface area contributed by atoms with Gasteiger partial charge in [-0.2, -0.15) is 5.06 Å². The summed E-state index contributed by atoms with van der Waals surface area (Å²) in [5.74, 6) is 0. The van der Waals surface area contributed by atoms with Gasteiger partial charge in [-0.15, -0.1) is 0 Å². The van der Waals surface area contributed by atoms with E-state index in [9.17, 15) is 0 Å². The van der Waals surface area contributed by atoms with Crippen LogP contribution in [0.2, 0.25) is 0 Å². The van der Waals surface area contributed by atoms with Crippen molar-refractivity contribution in [2.45, 2.75) is 0 Å². The van der Waals surface area contributed by atoms with Crippen molar-refractivity contribution in [3.05, 3.63) is 0 Å². The van der Waals surface area contributed by atoms with Gasteiger partial charge >= 0.3 is 6.72 Å². The molecule has 0 saturated heterocycles. The fourth-order valence-electron chi connectivity index (χ4n) is 0.213. The molecule has 50 valence electrons. The van der Waals surface area contributed by atoms with Gasteiger partial charge in [0.05, 0.1) is 0 Å². The van der Waals surface area contributed by atoms with E-state index in [0.29, 0.717) is 0 Å². The number of hydrogen-bond donors (Lipinski definition) is 2. The van der Waals surface area contributed by atoms with Crippen molar-refractivity contribution in [1.29, 1.82) is 0 Å². The van der Waals surface area contributed by atoms with Gasteiger partial charge < -0.3 is 9.79 Å². The molecule has 0 atom stereocenters. The third-order valence-electron chi connectivity index (χ3n) is 0.270. The highest BCUT2D eigenvalue weighted by atomic mass is 32.5. The Labute approximate surface area is 52.9 Å². The highest BCUT2D eigenvalue weighted by Crippen LogP contribution is 2.36. The van der Waals surface area contributed by atoms with Crippen molar-refractivity contribution >= 4 is 18.5 Å². The van der Waals surface area contributed by atoms with Gasteiger partial charge in [0, 0.05) is 14.1 Å². The molecule has 0 amide bonds. The summed E-state index contributed by atoms with van der Waals surface area (Å²) < 4.78 is 4.31. The first kappa shape index (κ1) is 8.49. The Morgan fingerprint density at radius 3 is 1.88 bits per heavy atom. The van der Waals surface area contributed by atoms with Gasteiger partial charge in [0.25, 0.3) is 0 Å². The molecule has 0 aromatic rings. The number of rotatable bonds is 2. The Hall–Kier alpha value is 0.490. The molecule has 0 fully saturated rings. The molecule has 8 heavy (non-hydrogen) atoms. The van der Waals surface area contributed by atoms with Crippen molar-refractivity contribution in [2.24, 2.45) is 0 Å². The zero-order valence-corrected chi connectivity index (χ0v) is 6.32. The standard InChI is InChI=1S/C2H8NO3PS/c1-3(2)6-7(4,5)8/h1-2H3,(H2,4,5,8). The van der Waals surface area contributed by atoms with Crippen LogP contribution in [0.4, 0.5) is 0 Å². The lowest BCUT2D eigenvalue weighted by Crippen LogP contribution is -2.09. The number of nitrogens with zero attached hydrogens (tertiary/aromatic N) is 1. The molecule has 0 rings (SSSR count). The third kappa shape index (κ3) is 6.49. The van der Waals surface area contributed by atoms with Gasteiger partial charge in [0.2, 0.25) is 0 Å². The van der Waals surface area contributed by atoms with Crippen molar-refractivity contribution in [2.75, 3.05) is 14.1 Å². The van der Waals surface area contributed by atoms with E-state index < -0.39 is 6.72 Å². The van der Waals surface area contributed by atoms with E-state index in [4.69, 9.17) is 9.79 Å². The average Bonchev–Trinajstić information content (AvgIpc) is 1.21. The highest BCUT2D eigenvalue weighted by molar-refractivity contribution is 8.06. The summed E-state index contributed by atoms with van der Waals surface area (Å²) in [7, 11) is 3.04. The second-order valence-electron chi connectivity index (χ2n) is 1.38. The van der Waals surface area contributed by atoms with Gasteiger partial charge in [0.15, 0.2) is 0 Å². The topological polar surface area (TPSA) is 52.9 Å². The van der Waals surface area contributed by atoms with Crippen molar-refractivity contribution in [3.8, 4) is 0 Å². The van der Waals surface area contributed by atoms with Gasteiger partial charge in [0.1, 0.15) is 0 Å². The lowest BCUT2D eigenvalue weighted by atomic mass is 11.2. The molecule has 0 radical (unpaired) electrons. The largest absolute Gasteiger partial charge is 0.338 e. The molecule has 0 aromatic heterocycles. The second kappa shape index (κ2) is 2.87. The van der Waals surface area contributed by atoms with Gasteiger partial charge in [-0.1, -0.05) is 0 Å². The van der Waals surface area contributed by atoms with Crippen LogP contribution in [0.25, 0.3) is 0 Å². The van der Waals surface area contributed by atoms with E-state index in [1.54, 1.807) is 0 Å². The molecule has 0 heterocycles.